The summed E-state index contributed by atoms with van der Waals surface area (Å²) in [5.41, 5.74) is -0.0856. The largest absolute Gasteiger partial charge is 0.481 e. The fourth-order valence-corrected chi connectivity index (χ4v) is 3.03. The molecule has 1 aliphatic carbocycles. The Labute approximate surface area is 86.8 Å². The van der Waals surface area contributed by atoms with E-state index in [1.165, 1.54) is 0 Å². The third-order valence-electron chi connectivity index (χ3n) is 2.94. The number of hydrogen-bond donors (Lipinski definition) is 1. The molecule has 1 aromatic rings. The van der Waals surface area contributed by atoms with Crippen molar-refractivity contribution in [2.24, 2.45) is 0 Å². The monoisotopic (exact) mass is 211 g/mol. The smallest absolute Gasteiger partial charge is 0.304 e. The summed E-state index contributed by atoms with van der Waals surface area (Å²) >= 11 is 1.64. The highest BCUT2D eigenvalue weighted by Crippen LogP contribution is 2.48. The maximum Gasteiger partial charge on any atom is 0.304 e. The van der Waals surface area contributed by atoms with Crippen LogP contribution in [0.2, 0.25) is 0 Å². The SMILES string of the molecule is Cc1ncc(C2(CC(=O)O)CCC2)s1. The van der Waals surface area contributed by atoms with Crippen molar-refractivity contribution >= 4 is 17.3 Å². The molecular formula is C10H13NO2S. The lowest BCUT2D eigenvalue weighted by atomic mass is 9.66. The lowest BCUT2D eigenvalue weighted by molar-refractivity contribution is -0.139. The number of nitrogens with zero attached hydrogens (tertiary/aromatic N) is 1. The fourth-order valence-electron chi connectivity index (χ4n) is 2.01. The van der Waals surface area contributed by atoms with Crippen molar-refractivity contribution in [1.82, 2.24) is 4.98 Å². The van der Waals surface area contributed by atoms with Crippen molar-refractivity contribution in [3.63, 3.8) is 0 Å². The van der Waals surface area contributed by atoms with Gasteiger partial charge in [0.1, 0.15) is 0 Å². The summed E-state index contributed by atoms with van der Waals surface area (Å²) in [7, 11) is 0. The summed E-state index contributed by atoms with van der Waals surface area (Å²) < 4.78 is 0. The molecule has 0 radical (unpaired) electrons. The molecular weight excluding hydrogens is 198 g/mol. The number of carbonyl (C=O) groups is 1. The zero-order valence-electron chi connectivity index (χ0n) is 8.12. The van der Waals surface area contributed by atoms with Crippen LogP contribution in [0.15, 0.2) is 6.20 Å². The Morgan fingerprint density at radius 3 is 2.79 bits per heavy atom. The molecule has 0 spiro atoms. The summed E-state index contributed by atoms with van der Waals surface area (Å²) in [6, 6.07) is 0. The van der Waals surface area contributed by atoms with Crippen LogP contribution >= 0.6 is 11.3 Å². The van der Waals surface area contributed by atoms with Crippen LogP contribution in [0.3, 0.4) is 0 Å². The third kappa shape index (κ3) is 1.54. The summed E-state index contributed by atoms with van der Waals surface area (Å²) in [5.74, 6) is -0.698. The van der Waals surface area contributed by atoms with Crippen LogP contribution in [0.25, 0.3) is 0 Å². The van der Waals surface area contributed by atoms with Gasteiger partial charge in [-0.15, -0.1) is 11.3 Å². The molecule has 4 heteroatoms. The highest BCUT2D eigenvalue weighted by molar-refractivity contribution is 7.11. The maximum absolute atomic E-state index is 10.8. The number of hydrogen-bond acceptors (Lipinski definition) is 3. The van der Waals surface area contributed by atoms with Gasteiger partial charge in [-0.25, -0.2) is 4.98 Å². The Bertz CT molecular complexity index is 355. The van der Waals surface area contributed by atoms with Crippen LogP contribution in [-0.4, -0.2) is 16.1 Å². The zero-order chi connectivity index (χ0) is 10.2. The molecule has 0 aromatic carbocycles. The molecule has 2 rings (SSSR count). The molecule has 0 unspecified atom stereocenters. The van der Waals surface area contributed by atoms with Gasteiger partial charge in [-0.1, -0.05) is 6.42 Å². The van der Waals surface area contributed by atoms with E-state index in [9.17, 15) is 4.79 Å². The van der Waals surface area contributed by atoms with Gasteiger partial charge < -0.3 is 5.11 Å². The van der Waals surface area contributed by atoms with E-state index < -0.39 is 5.97 Å². The highest BCUT2D eigenvalue weighted by Gasteiger charge is 2.41. The molecule has 1 saturated carbocycles. The van der Waals surface area contributed by atoms with E-state index in [1.807, 2.05) is 13.1 Å². The number of aromatic nitrogens is 1. The lowest BCUT2D eigenvalue weighted by Crippen LogP contribution is -2.35. The van der Waals surface area contributed by atoms with E-state index >= 15 is 0 Å². The Hall–Kier alpha value is -0.900. The van der Waals surface area contributed by atoms with Gasteiger partial charge in [0.2, 0.25) is 0 Å². The number of carboxylic acids is 1. The van der Waals surface area contributed by atoms with Gasteiger partial charge in [-0.3, -0.25) is 4.79 Å². The minimum Gasteiger partial charge on any atom is -0.481 e. The topological polar surface area (TPSA) is 50.2 Å². The van der Waals surface area contributed by atoms with Gasteiger partial charge in [0.15, 0.2) is 0 Å². The quantitative estimate of drug-likeness (QED) is 0.834. The van der Waals surface area contributed by atoms with Crippen LogP contribution in [0.5, 0.6) is 0 Å². The van der Waals surface area contributed by atoms with Gasteiger partial charge in [-0.2, -0.15) is 0 Å². The number of aliphatic carboxylic acids is 1. The molecule has 1 fully saturated rings. The first-order valence-corrected chi connectivity index (χ1v) is 5.59. The van der Waals surface area contributed by atoms with Crippen molar-refractivity contribution in [2.75, 3.05) is 0 Å². The number of thiazole rings is 1. The van der Waals surface area contributed by atoms with Crippen molar-refractivity contribution in [1.29, 1.82) is 0 Å². The average Bonchev–Trinajstić information content (AvgIpc) is 2.44. The van der Waals surface area contributed by atoms with Crippen molar-refractivity contribution < 1.29 is 9.90 Å². The summed E-state index contributed by atoms with van der Waals surface area (Å²) in [5, 5.41) is 9.89. The second-order valence-electron chi connectivity index (χ2n) is 3.95. The Balaban J connectivity index is 2.24. The van der Waals surface area contributed by atoms with Crippen LogP contribution < -0.4 is 0 Å². The standard InChI is InChI=1S/C10H13NO2S/c1-7-11-6-8(14-7)10(3-2-4-10)5-9(12)13/h6H,2-5H2,1H3,(H,12,13). The number of rotatable bonds is 3. The average molecular weight is 211 g/mol. The second-order valence-corrected chi connectivity index (χ2v) is 5.18. The number of carboxylic acid groups (broad SMARTS) is 1. The molecule has 0 bridgehead atoms. The maximum atomic E-state index is 10.8. The van der Waals surface area contributed by atoms with E-state index in [2.05, 4.69) is 4.98 Å². The molecule has 1 aromatic heterocycles. The molecule has 14 heavy (non-hydrogen) atoms. The summed E-state index contributed by atoms with van der Waals surface area (Å²) in [4.78, 5) is 16.1. The Kier molecular flexibility index (Phi) is 2.31. The second kappa shape index (κ2) is 3.35. The van der Waals surface area contributed by atoms with E-state index in [1.54, 1.807) is 11.3 Å². The van der Waals surface area contributed by atoms with E-state index in [0.717, 1.165) is 29.1 Å². The van der Waals surface area contributed by atoms with E-state index in [-0.39, 0.29) is 11.8 Å². The normalized spacial score (nSPS) is 18.9. The minimum absolute atomic E-state index is 0.0856. The van der Waals surface area contributed by atoms with Crippen LogP contribution in [0, 0.1) is 6.92 Å². The van der Waals surface area contributed by atoms with E-state index in [4.69, 9.17) is 5.11 Å². The fraction of sp³-hybridized carbons (Fsp3) is 0.600. The molecule has 1 N–H and O–H groups in total. The third-order valence-corrected chi connectivity index (χ3v) is 4.10. The highest BCUT2D eigenvalue weighted by atomic mass is 32.1. The predicted molar refractivity (Wildman–Crippen MR) is 54.6 cm³/mol. The Morgan fingerprint density at radius 2 is 2.43 bits per heavy atom. The molecule has 0 atom stereocenters. The van der Waals surface area contributed by atoms with Gasteiger partial charge in [0.05, 0.1) is 11.4 Å². The van der Waals surface area contributed by atoms with Gasteiger partial charge in [0.25, 0.3) is 0 Å². The zero-order valence-corrected chi connectivity index (χ0v) is 8.93. The van der Waals surface area contributed by atoms with Crippen molar-refractivity contribution in [2.45, 2.75) is 38.0 Å². The van der Waals surface area contributed by atoms with Crippen LogP contribution in [0.1, 0.15) is 35.6 Å². The summed E-state index contributed by atoms with van der Waals surface area (Å²) in [6.45, 7) is 1.96. The Morgan fingerprint density at radius 1 is 1.71 bits per heavy atom. The molecule has 1 heterocycles. The first-order valence-electron chi connectivity index (χ1n) is 4.77. The predicted octanol–water partition coefficient (Wildman–Crippen LogP) is 2.35. The molecule has 76 valence electrons. The van der Waals surface area contributed by atoms with Crippen LogP contribution in [0.4, 0.5) is 0 Å². The van der Waals surface area contributed by atoms with Gasteiger partial charge >= 0.3 is 5.97 Å². The molecule has 0 aliphatic heterocycles. The first-order chi connectivity index (χ1) is 6.62. The van der Waals surface area contributed by atoms with Gasteiger partial charge in [0, 0.05) is 16.5 Å². The van der Waals surface area contributed by atoms with Crippen LogP contribution in [-0.2, 0) is 10.2 Å². The minimum atomic E-state index is -0.698. The summed E-state index contributed by atoms with van der Waals surface area (Å²) in [6.07, 6.45) is 5.25. The molecule has 1 aliphatic rings. The molecule has 3 nitrogen and oxygen atoms in total. The van der Waals surface area contributed by atoms with Crippen molar-refractivity contribution in [3.05, 3.63) is 16.1 Å². The molecule has 0 amide bonds. The lowest BCUT2D eigenvalue weighted by Gasteiger charge is -2.39. The van der Waals surface area contributed by atoms with Crippen molar-refractivity contribution in [3.8, 4) is 0 Å². The van der Waals surface area contributed by atoms with E-state index in [0.29, 0.717) is 0 Å². The molecule has 0 saturated heterocycles. The number of aryl methyl sites for hydroxylation is 1. The van der Waals surface area contributed by atoms with Gasteiger partial charge in [-0.05, 0) is 19.8 Å². The first kappa shape index (κ1) is 9.65.